The minimum absolute atomic E-state index is 0.0115. The predicted octanol–water partition coefficient (Wildman–Crippen LogP) is 3.91. The molecule has 0 saturated heterocycles. The topological polar surface area (TPSA) is 108 Å². The van der Waals surface area contributed by atoms with E-state index in [0.717, 1.165) is 5.56 Å². The van der Waals surface area contributed by atoms with Gasteiger partial charge in [-0.05, 0) is 70.9 Å². The first-order valence-corrected chi connectivity index (χ1v) is 10.4. The summed E-state index contributed by atoms with van der Waals surface area (Å²) in [6, 6.07) is 13.8. The van der Waals surface area contributed by atoms with Gasteiger partial charge < -0.3 is 10.4 Å². The number of aryl methyl sites for hydroxylation is 1. The van der Waals surface area contributed by atoms with Gasteiger partial charge in [0, 0.05) is 16.2 Å². The van der Waals surface area contributed by atoms with Crippen LogP contribution in [0.1, 0.15) is 15.9 Å². The first-order valence-electron chi connectivity index (χ1n) is 8.10. The van der Waals surface area contributed by atoms with Crippen LogP contribution >= 0.6 is 15.9 Å². The Kier molecular flexibility index (Phi) is 5.66. The zero-order chi connectivity index (χ0) is 20.3. The Morgan fingerprint density at radius 1 is 1.11 bits per heavy atom. The molecule has 28 heavy (non-hydrogen) atoms. The van der Waals surface area contributed by atoms with Gasteiger partial charge in [0.25, 0.3) is 15.9 Å². The number of benzene rings is 2. The minimum atomic E-state index is -3.91. The zero-order valence-electron chi connectivity index (χ0n) is 14.7. The number of pyridine rings is 1. The van der Waals surface area contributed by atoms with Gasteiger partial charge in [-0.1, -0.05) is 12.1 Å². The van der Waals surface area contributed by atoms with Crippen LogP contribution in [-0.2, 0) is 10.0 Å². The van der Waals surface area contributed by atoms with Gasteiger partial charge in [-0.25, -0.2) is 13.4 Å². The minimum Gasteiger partial charge on any atom is -0.504 e. The molecule has 2 aromatic carbocycles. The number of carbonyl (C=O) groups is 1. The molecule has 1 heterocycles. The number of halogens is 1. The second kappa shape index (κ2) is 7.99. The fraction of sp³-hybridized carbons (Fsp3) is 0.0526. The molecule has 1 amide bonds. The van der Waals surface area contributed by atoms with Gasteiger partial charge in [0.1, 0.15) is 0 Å². The number of anilines is 2. The van der Waals surface area contributed by atoms with Gasteiger partial charge in [0.05, 0.1) is 10.6 Å². The highest BCUT2D eigenvalue weighted by Gasteiger charge is 2.18. The van der Waals surface area contributed by atoms with E-state index in [1.165, 1.54) is 42.6 Å². The summed E-state index contributed by atoms with van der Waals surface area (Å²) in [6.07, 6.45) is 1.42. The summed E-state index contributed by atoms with van der Waals surface area (Å²) in [4.78, 5) is 16.2. The Morgan fingerprint density at radius 2 is 1.89 bits per heavy atom. The highest BCUT2D eigenvalue weighted by atomic mass is 79.9. The van der Waals surface area contributed by atoms with Crippen LogP contribution < -0.4 is 10.0 Å². The van der Waals surface area contributed by atoms with Crippen LogP contribution in [0.3, 0.4) is 0 Å². The Labute approximate surface area is 170 Å². The van der Waals surface area contributed by atoms with E-state index in [-0.39, 0.29) is 22.0 Å². The van der Waals surface area contributed by atoms with Crippen molar-refractivity contribution in [3.8, 4) is 5.75 Å². The maximum absolute atomic E-state index is 12.7. The van der Waals surface area contributed by atoms with E-state index in [1.807, 2.05) is 13.0 Å². The number of nitrogens with one attached hydrogen (secondary N) is 2. The lowest BCUT2D eigenvalue weighted by atomic mass is 10.2. The molecular formula is C19H16BrN3O4S. The Morgan fingerprint density at radius 3 is 2.64 bits per heavy atom. The number of hydrogen-bond donors (Lipinski definition) is 3. The van der Waals surface area contributed by atoms with E-state index in [2.05, 4.69) is 31.0 Å². The smallest absolute Gasteiger partial charge is 0.261 e. The molecule has 3 rings (SSSR count). The Bertz CT molecular complexity index is 1150. The van der Waals surface area contributed by atoms with Gasteiger partial charge in [0.15, 0.2) is 11.6 Å². The van der Waals surface area contributed by atoms with Gasteiger partial charge in [-0.15, -0.1) is 0 Å². The van der Waals surface area contributed by atoms with Crippen molar-refractivity contribution in [1.82, 2.24) is 4.98 Å². The molecule has 144 valence electrons. The molecule has 0 fully saturated rings. The number of amides is 1. The molecule has 0 saturated carbocycles. The van der Waals surface area contributed by atoms with Crippen molar-refractivity contribution in [3.05, 3.63) is 76.4 Å². The van der Waals surface area contributed by atoms with Gasteiger partial charge in [-0.2, -0.15) is 0 Å². The standard InChI is InChI=1S/C19H16BrN3O4S/c1-12-7-8-15(20)16(10-12)23-28(26,27)14-5-2-4-13(11-14)19(25)22-18-17(24)6-3-9-21-18/h2-11,23-24H,1H3,(H,21,22,25). The summed E-state index contributed by atoms with van der Waals surface area (Å²) in [7, 11) is -3.91. The molecule has 0 spiro atoms. The molecule has 7 nitrogen and oxygen atoms in total. The molecular weight excluding hydrogens is 446 g/mol. The lowest BCUT2D eigenvalue weighted by Crippen LogP contribution is -2.16. The van der Waals surface area contributed by atoms with Crippen molar-refractivity contribution in [1.29, 1.82) is 0 Å². The lowest BCUT2D eigenvalue weighted by Gasteiger charge is -2.12. The molecule has 3 aromatic rings. The van der Waals surface area contributed by atoms with E-state index >= 15 is 0 Å². The molecule has 0 bridgehead atoms. The highest BCUT2D eigenvalue weighted by Crippen LogP contribution is 2.26. The monoisotopic (exact) mass is 461 g/mol. The van der Waals surface area contributed by atoms with E-state index in [4.69, 9.17) is 0 Å². The van der Waals surface area contributed by atoms with Crippen molar-refractivity contribution < 1.29 is 18.3 Å². The highest BCUT2D eigenvalue weighted by molar-refractivity contribution is 9.10. The largest absolute Gasteiger partial charge is 0.504 e. The number of sulfonamides is 1. The molecule has 0 unspecified atom stereocenters. The normalized spacial score (nSPS) is 11.1. The quantitative estimate of drug-likeness (QED) is 0.533. The van der Waals surface area contributed by atoms with E-state index in [1.54, 1.807) is 12.1 Å². The Balaban J connectivity index is 1.86. The maximum atomic E-state index is 12.7. The van der Waals surface area contributed by atoms with Gasteiger partial charge in [-0.3, -0.25) is 9.52 Å². The summed E-state index contributed by atoms with van der Waals surface area (Å²) < 4.78 is 28.6. The zero-order valence-corrected chi connectivity index (χ0v) is 17.1. The first kappa shape index (κ1) is 19.8. The van der Waals surface area contributed by atoms with E-state index in [0.29, 0.717) is 10.2 Å². The summed E-state index contributed by atoms with van der Waals surface area (Å²) in [6.45, 7) is 1.85. The molecule has 0 aliphatic carbocycles. The number of aromatic nitrogens is 1. The van der Waals surface area contributed by atoms with E-state index in [9.17, 15) is 18.3 Å². The van der Waals surface area contributed by atoms with Crippen LogP contribution in [-0.4, -0.2) is 24.4 Å². The first-order chi connectivity index (χ1) is 13.3. The number of rotatable bonds is 5. The number of carbonyl (C=O) groups excluding carboxylic acids is 1. The third kappa shape index (κ3) is 4.49. The third-order valence-corrected chi connectivity index (χ3v) is 5.85. The van der Waals surface area contributed by atoms with Crippen molar-refractivity contribution in [2.75, 3.05) is 10.0 Å². The fourth-order valence-corrected chi connectivity index (χ4v) is 3.99. The van der Waals surface area contributed by atoms with Crippen LogP contribution in [0.2, 0.25) is 0 Å². The van der Waals surface area contributed by atoms with Gasteiger partial charge in [0.2, 0.25) is 0 Å². The SMILES string of the molecule is Cc1ccc(Br)c(NS(=O)(=O)c2cccc(C(=O)Nc3ncccc3O)c2)c1. The molecule has 3 N–H and O–H groups in total. The van der Waals surface area contributed by atoms with Crippen molar-refractivity contribution in [3.63, 3.8) is 0 Å². The van der Waals surface area contributed by atoms with Crippen LogP contribution in [0.25, 0.3) is 0 Å². The summed E-state index contributed by atoms with van der Waals surface area (Å²) in [5.41, 5.74) is 1.40. The second-order valence-electron chi connectivity index (χ2n) is 5.94. The number of aromatic hydroxyl groups is 1. The molecule has 0 atom stereocenters. The van der Waals surface area contributed by atoms with Crippen molar-refractivity contribution in [2.24, 2.45) is 0 Å². The second-order valence-corrected chi connectivity index (χ2v) is 8.48. The third-order valence-electron chi connectivity index (χ3n) is 3.79. The average molecular weight is 462 g/mol. The fourth-order valence-electron chi connectivity index (χ4n) is 2.40. The number of nitrogens with zero attached hydrogens (tertiary/aromatic N) is 1. The van der Waals surface area contributed by atoms with Crippen LogP contribution in [0.15, 0.2) is 70.2 Å². The predicted molar refractivity (Wildman–Crippen MR) is 110 cm³/mol. The van der Waals surface area contributed by atoms with Crippen molar-refractivity contribution >= 4 is 43.4 Å². The molecule has 1 aromatic heterocycles. The lowest BCUT2D eigenvalue weighted by molar-refractivity contribution is 0.102. The van der Waals surface area contributed by atoms with Crippen LogP contribution in [0, 0.1) is 6.92 Å². The Hall–Kier alpha value is -2.91. The van der Waals surface area contributed by atoms with E-state index < -0.39 is 15.9 Å². The van der Waals surface area contributed by atoms with Crippen LogP contribution in [0.4, 0.5) is 11.5 Å². The summed E-state index contributed by atoms with van der Waals surface area (Å²) >= 11 is 3.32. The van der Waals surface area contributed by atoms with Crippen LogP contribution in [0.5, 0.6) is 5.75 Å². The molecule has 0 radical (unpaired) electrons. The molecule has 9 heteroatoms. The van der Waals surface area contributed by atoms with Gasteiger partial charge >= 0.3 is 0 Å². The maximum Gasteiger partial charge on any atom is 0.261 e. The van der Waals surface area contributed by atoms with Crippen molar-refractivity contribution in [2.45, 2.75) is 11.8 Å². The number of hydrogen-bond acceptors (Lipinski definition) is 5. The molecule has 0 aliphatic rings. The molecule has 0 aliphatic heterocycles. The summed E-state index contributed by atoms with van der Waals surface area (Å²) in [5, 5.41) is 12.2. The average Bonchev–Trinajstić information content (AvgIpc) is 2.66. The summed E-state index contributed by atoms with van der Waals surface area (Å²) in [5.74, 6) is -0.795.